The molecule has 0 aliphatic carbocycles. The lowest BCUT2D eigenvalue weighted by atomic mass is 10.0. The number of nitrogen functional groups attached to an aromatic ring is 2. The normalized spacial score (nSPS) is 14.7. The number of rotatable bonds is 14. The Morgan fingerprint density at radius 1 is 0.379 bits per heavy atom. The summed E-state index contributed by atoms with van der Waals surface area (Å²) < 4.78 is 308. The molecule has 0 saturated heterocycles. The SMILES string of the molecule is Nc1cc(Oc2ccc(Oc3ccc(OC(F)=C(F)C(F)(F)C(F)(F)C(F)(F)C(F)(F)F)c(N)c3)cc2)ccc1OC(F)=C(F)C(F)(F)C(F)(F)C(F)(F)C(F)(F)F. The fourth-order valence-electron chi connectivity index (χ4n) is 3.77. The predicted octanol–water partition coefficient (Wildman–Crippen LogP) is 12.3. The van der Waals surface area contributed by atoms with Crippen LogP contribution in [0.1, 0.15) is 0 Å². The van der Waals surface area contributed by atoms with E-state index in [4.69, 9.17) is 20.9 Å². The van der Waals surface area contributed by atoms with E-state index in [1.807, 2.05) is 0 Å². The van der Waals surface area contributed by atoms with E-state index in [1.165, 1.54) is 0 Å². The summed E-state index contributed by atoms with van der Waals surface area (Å²) >= 11 is 0. The zero-order valence-corrected chi connectivity index (χ0v) is 26.9. The molecule has 0 radical (unpaired) electrons. The van der Waals surface area contributed by atoms with Crippen LogP contribution in [0.25, 0.3) is 0 Å². The Labute approximate surface area is 305 Å². The second kappa shape index (κ2) is 15.3. The summed E-state index contributed by atoms with van der Waals surface area (Å²) in [5.41, 5.74) is 9.20. The van der Waals surface area contributed by atoms with Crippen LogP contribution in [0.5, 0.6) is 34.5 Å². The highest BCUT2D eigenvalue weighted by Crippen LogP contribution is 2.57. The van der Waals surface area contributed by atoms with Gasteiger partial charge in [-0.15, -0.1) is 0 Å². The second-order valence-electron chi connectivity index (χ2n) is 10.9. The van der Waals surface area contributed by atoms with Crippen LogP contribution >= 0.6 is 0 Å². The minimum absolute atomic E-state index is 0.132. The van der Waals surface area contributed by atoms with Crippen molar-refractivity contribution in [2.45, 2.75) is 47.9 Å². The Balaban J connectivity index is 1.72. The first-order chi connectivity index (χ1) is 26.0. The molecule has 322 valence electrons. The molecule has 0 spiro atoms. The Bertz CT molecular complexity index is 1900. The van der Waals surface area contributed by atoms with Gasteiger partial charge >= 0.3 is 59.9 Å². The van der Waals surface area contributed by atoms with E-state index in [9.17, 15) is 96.6 Å². The largest absolute Gasteiger partial charge is 0.460 e. The molecule has 3 aromatic carbocycles. The number of anilines is 2. The lowest BCUT2D eigenvalue weighted by Gasteiger charge is -2.32. The standard InChI is InChI=1S/C30H14F22N2O4/c31-19(23(35,36)25(39,40)27(43,44)29(47,48)49)21(33)57-17-7-5-13(9-15(17)53)55-11-1-2-12(4-3-11)56-14-6-8-18(16(54)10-14)58-22(34)20(32)24(37,38)26(41,42)28(45,46)30(50,51)52/h1-10H,53-54H2. The zero-order valence-electron chi connectivity index (χ0n) is 26.9. The molecule has 0 bridgehead atoms. The molecule has 0 saturated carbocycles. The van der Waals surface area contributed by atoms with Crippen LogP contribution in [0, 0.1) is 0 Å². The zero-order chi connectivity index (χ0) is 44.8. The molecule has 0 heterocycles. The van der Waals surface area contributed by atoms with E-state index in [1.54, 1.807) is 0 Å². The summed E-state index contributed by atoms with van der Waals surface area (Å²) in [5.74, 6) is -56.0. The molecular weight excluding hydrogens is 870 g/mol. The van der Waals surface area contributed by atoms with Gasteiger partial charge in [-0.25, -0.2) is 0 Å². The van der Waals surface area contributed by atoms with Gasteiger partial charge in [-0.05, 0) is 48.5 Å². The van der Waals surface area contributed by atoms with Gasteiger partial charge in [0.05, 0.1) is 11.4 Å². The lowest BCUT2D eigenvalue weighted by Crippen LogP contribution is -2.61. The van der Waals surface area contributed by atoms with Crippen LogP contribution in [0.2, 0.25) is 0 Å². The van der Waals surface area contributed by atoms with Crippen LogP contribution in [0.4, 0.5) is 108 Å². The smallest absolute Gasteiger partial charge is 0.457 e. The molecule has 0 aliphatic rings. The topological polar surface area (TPSA) is 89.0 Å². The average molecular weight is 884 g/mol. The van der Waals surface area contributed by atoms with Gasteiger partial charge in [0.2, 0.25) is 11.7 Å². The fraction of sp³-hybridized carbons (Fsp3) is 0.267. The van der Waals surface area contributed by atoms with E-state index in [2.05, 4.69) is 9.47 Å². The van der Waals surface area contributed by atoms with E-state index in [0.717, 1.165) is 36.4 Å². The highest BCUT2D eigenvalue weighted by molar-refractivity contribution is 5.58. The van der Waals surface area contributed by atoms with Crippen LogP contribution in [-0.2, 0) is 0 Å². The molecule has 4 N–H and O–H groups in total. The van der Waals surface area contributed by atoms with Crippen molar-refractivity contribution in [2.75, 3.05) is 11.5 Å². The van der Waals surface area contributed by atoms with Gasteiger partial charge in [0, 0.05) is 12.1 Å². The second-order valence-corrected chi connectivity index (χ2v) is 10.9. The molecule has 3 aromatic rings. The number of allylic oxidation sites excluding steroid dienone is 2. The molecule has 58 heavy (non-hydrogen) atoms. The summed E-state index contributed by atoms with van der Waals surface area (Å²) in [4.78, 5) is 0. The molecular formula is C30H14F22N2O4. The maximum atomic E-state index is 14.0. The van der Waals surface area contributed by atoms with E-state index in [-0.39, 0.29) is 23.0 Å². The molecule has 0 amide bonds. The molecule has 6 nitrogen and oxygen atoms in total. The highest BCUT2D eigenvalue weighted by Gasteiger charge is 2.84. The number of hydrogen-bond donors (Lipinski definition) is 2. The number of alkyl halides is 18. The van der Waals surface area contributed by atoms with Crippen LogP contribution in [-0.4, -0.2) is 47.9 Å². The van der Waals surface area contributed by atoms with Crippen molar-refractivity contribution in [3.63, 3.8) is 0 Å². The van der Waals surface area contributed by atoms with Crippen molar-refractivity contribution < 1.29 is 116 Å². The third-order valence-corrected chi connectivity index (χ3v) is 6.84. The van der Waals surface area contributed by atoms with Crippen molar-refractivity contribution in [2.24, 2.45) is 0 Å². The van der Waals surface area contributed by atoms with Crippen molar-refractivity contribution in [1.29, 1.82) is 0 Å². The van der Waals surface area contributed by atoms with Gasteiger partial charge in [-0.1, -0.05) is 0 Å². The van der Waals surface area contributed by atoms with Crippen LogP contribution < -0.4 is 30.4 Å². The Morgan fingerprint density at radius 3 is 0.879 bits per heavy atom. The monoisotopic (exact) mass is 884 g/mol. The third kappa shape index (κ3) is 8.48. The maximum Gasteiger partial charge on any atom is 0.460 e. The summed E-state index contributed by atoms with van der Waals surface area (Å²) in [6.07, 6.45) is -14.7. The quantitative estimate of drug-likeness (QED) is 0.0952. The first-order valence-corrected chi connectivity index (χ1v) is 14.2. The molecule has 0 unspecified atom stereocenters. The minimum Gasteiger partial charge on any atom is -0.457 e. The van der Waals surface area contributed by atoms with Gasteiger partial charge in [0.1, 0.15) is 23.0 Å². The number of nitrogens with two attached hydrogens (primary N) is 2. The highest BCUT2D eigenvalue weighted by atomic mass is 19.4. The van der Waals surface area contributed by atoms with Crippen molar-refractivity contribution in [1.82, 2.24) is 0 Å². The molecule has 0 atom stereocenters. The van der Waals surface area contributed by atoms with Crippen LogP contribution in [0.15, 0.2) is 84.3 Å². The summed E-state index contributed by atoms with van der Waals surface area (Å²) in [6.45, 7) is 0. The number of benzene rings is 3. The molecule has 3 rings (SSSR count). The lowest BCUT2D eigenvalue weighted by molar-refractivity contribution is -0.392. The van der Waals surface area contributed by atoms with Gasteiger partial charge in [0.25, 0.3) is 0 Å². The van der Waals surface area contributed by atoms with Gasteiger partial charge < -0.3 is 30.4 Å². The number of hydrogen-bond acceptors (Lipinski definition) is 6. The fourth-order valence-corrected chi connectivity index (χ4v) is 3.77. The van der Waals surface area contributed by atoms with Crippen molar-refractivity contribution in [3.05, 3.63) is 84.3 Å². The summed E-state index contributed by atoms with van der Waals surface area (Å²) in [5, 5.41) is 0. The van der Waals surface area contributed by atoms with E-state index >= 15 is 0 Å². The Hall–Kier alpha value is -5.60. The molecule has 28 heteroatoms. The Kier molecular flexibility index (Phi) is 12.3. The number of halogens is 22. The summed E-state index contributed by atoms with van der Waals surface area (Å²) in [7, 11) is 0. The first kappa shape index (κ1) is 46.8. The molecule has 0 fully saturated rings. The average Bonchev–Trinajstić information content (AvgIpc) is 3.09. The van der Waals surface area contributed by atoms with Gasteiger partial charge in [0.15, 0.2) is 11.5 Å². The maximum absolute atomic E-state index is 14.0. The Morgan fingerprint density at radius 2 is 0.638 bits per heavy atom. The van der Waals surface area contributed by atoms with E-state index < -0.39 is 94.4 Å². The van der Waals surface area contributed by atoms with Gasteiger partial charge in [-0.3, -0.25) is 0 Å². The van der Waals surface area contributed by atoms with Gasteiger partial charge in [-0.2, -0.15) is 96.6 Å². The summed E-state index contributed by atoms with van der Waals surface area (Å²) in [6, 6.07) is 1.60. The molecule has 0 aromatic heterocycles. The third-order valence-electron chi connectivity index (χ3n) is 6.84. The first-order valence-electron chi connectivity index (χ1n) is 14.2. The van der Waals surface area contributed by atoms with Crippen molar-refractivity contribution >= 4 is 11.4 Å². The number of ether oxygens (including phenoxy) is 4. The van der Waals surface area contributed by atoms with Crippen molar-refractivity contribution in [3.8, 4) is 34.5 Å². The minimum atomic E-state index is -7.56. The predicted molar refractivity (Wildman–Crippen MR) is 150 cm³/mol. The molecule has 0 aliphatic heterocycles. The van der Waals surface area contributed by atoms with E-state index in [0.29, 0.717) is 24.3 Å². The van der Waals surface area contributed by atoms with Crippen LogP contribution in [0.3, 0.4) is 0 Å².